The van der Waals surface area contributed by atoms with Crippen molar-refractivity contribution in [2.45, 2.75) is 31.7 Å². The number of likely N-dealkylation sites (tertiary alicyclic amines) is 2. The summed E-state index contributed by atoms with van der Waals surface area (Å²) in [4.78, 5) is 17.3. The lowest BCUT2D eigenvalue weighted by molar-refractivity contribution is 0.0704. The molecule has 2 aromatic rings. The highest BCUT2D eigenvalue weighted by atomic mass is 32.2. The number of nitrogens with one attached hydrogen (secondary N) is 1. The quantitative estimate of drug-likeness (QED) is 0.738. The maximum absolute atomic E-state index is 14.9. The van der Waals surface area contributed by atoms with E-state index in [0.717, 1.165) is 44.3 Å². The molecule has 166 valence electrons. The van der Waals surface area contributed by atoms with Gasteiger partial charge in [-0.25, -0.2) is 12.8 Å². The molecule has 2 aliphatic rings. The van der Waals surface area contributed by atoms with E-state index < -0.39 is 15.8 Å². The van der Waals surface area contributed by atoms with Gasteiger partial charge in [-0.1, -0.05) is 18.2 Å². The van der Waals surface area contributed by atoms with Gasteiger partial charge in [0.1, 0.15) is 5.82 Å². The van der Waals surface area contributed by atoms with Crippen LogP contribution in [-0.2, 0) is 10.0 Å². The average molecular weight is 446 g/mol. The molecule has 2 aliphatic heterocycles. The fourth-order valence-corrected chi connectivity index (χ4v) is 5.09. The summed E-state index contributed by atoms with van der Waals surface area (Å²) in [7, 11) is -3.35. The predicted molar refractivity (Wildman–Crippen MR) is 120 cm³/mol. The van der Waals surface area contributed by atoms with Crippen molar-refractivity contribution in [2.24, 2.45) is 0 Å². The Labute approximate surface area is 183 Å². The number of sulfonamides is 1. The van der Waals surface area contributed by atoms with Gasteiger partial charge in [-0.15, -0.1) is 0 Å². The van der Waals surface area contributed by atoms with E-state index in [0.29, 0.717) is 17.8 Å². The molecule has 8 heteroatoms. The first kappa shape index (κ1) is 21.8. The molecule has 31 heavy (non-hydrogen) atoms. The zero-order chi connectivity index (χ0) is 22.0. The monoisotopic (exact) mass is 445 g/mol. The van der Waals surface area contributed by atoms with Crippen molar-refractivity contribution in [3.8, 4) is 11.1 Å². The molecular weight excluding hydrogens is 417 g/mol. The third kappa shape index (κ3) is 5.25. The number of anilines is 1. The molecule has 2 heterocycles. The molecule has 1 unspecified atom stereocenters. The largest absolute Gasteiger partial charge is 0.334 e. The van der Waals surface area contributed by atoms with E-state index in [1.54, 1.807) is 36.4 Å². The number of amides is 1. The lowest BCUT2D eigenvalue weighted by Crippen LogP contribution is -2.42. The van der Waals surface area contributed by atoms with Crippen LogP contribution in [0.5, 0.6) is 0 Å². The SMILES string of the molecule is CS(=O)(=O)Nc1ccc(-c2ccc(C(=O)N3CCCC3CN3CCCC3)c(F)c2)cc1. The fraction of sp³-hybridized carbons (Fsp3) is 0.435. The van der Waals surface area contributed by atoms with E-state index in [1.165, 1.54) is 18.9 Å². The number of carbonyl (C=O) groups excluding carboxylic acids is 1. The van der Waals surface area contributed by atoms with Crippen molar-refractivity contribution in [3.63, 3.8) is 0 Å². The first-order valence-electron chi connectivity index (χ1n) is 10.7. The van der Waals surface area contributed by atoms with Crippen LogP contribution in [-0.4, -0.2) is 62.6 Å². The number of benzene rings is 2. The van der Waals surface area contributed by atoms with Crippen LogP contribution in [0.15, 0.2) is 42.5 Å². The second kappa shape index (κ2) is 8.96. The van der Waals surface area contributed by atoms with E-state index in [4.69, 9.17) is 0 Å². The van der Waals surface area contributed by atoms with Gasteiger partial charge in [0.05, 0.1) is 11.8 Å². The van der Waals surface area contributed by atoms with E-state index in [-0.39, 0.29) is 17.5 Å². The van der Waals surface area contributed by atoms with Gasteiger partial charge in [0.15, 0.2) is 0 Å². The predicted octanol–water partition coefficient (Wildman–Crippen LogP) is 3.56. The minimum atomic E-state index is -3.35. The highest BCUT2D eigenvalue weighted by Gasteiger charge is 2.32. The van der Waals surface area contributed by atoms with E-state index >= 15 is 0 Å². The molecule has 2 aromatic carbocycles. The van der Waals surface area contributed by atoms with Crippen LogP contribution >= 0.6 is 0 Å². The topological polar surface area (TPSA) is 69.7 Å². The van der Waals surface area contributed by atoms with Crippen LogP contribution in [0, 0.1) is 5.82 Å². The second-order valence-corrected chi connectivity index (χ2v) is 10.2. The van der Waals surface area contributed by atoms with Crippen LogP contribution in [0.25, 0.3) is 11.1 Å². The Bertz CT molecular complexity index is 1050. The Morgan fingerprint density at radius 2 is 1.71 bits per heavy atom. The molecular formula is C23H28FN3O3S. The molecule has 1 N–H and O–H groups in total. The zero-order valence-corrected chi connectivity index (χ0v) is 18.5. The third-order valence-electron chi connectivity index (χ3n) is 6.03. The Kier molecular flexibility index (Phi) is 6.29. The minimum absolute atomic E-state index is 0.104. The van der Waals surface area contributed by atoms with Gasteiger partial charge in [0.2, 0.25) is 10.0 Å². The van der Waals surface area contributed by atoms with Crippen LogP contribution in [0.4, 0.5) is 10.1 Å². The smallest absolute Gasteiger partial charge is 0.257 e. The Morgan fingerprint density at radius 3 is 2.35 bits per heavy atom. The van der Waals surface area contributed by atoms with Crippen molar-refractivity contribution in [1.29, 1.82) is 0 Å². The molecule has 0 spiro atoms. The second-order valence-electron chi connectivity index (χ2n) is 8.45. The lowest BCUT2D eigenvalue weighted by atomic mass is 10.0. The maximum atomic E-state index is 14.9. The summed E-state index contributed by atoms with van der Waals surface area (Å²) in [5.41, 5.74) is 1.92. The first-order chi connectivity index (χ1) is 14.8. The van der Waals surface area contributed by atoms with Crippen LogP contribution < -0.4 is 4.72 Å². The Hall–Kier alpha value is -2.45. The van der Waals surface area contributed by atoms with E-state index in [9.17, 15) is 17.6 Å². The summed E-state index contributed by atoms with van der Waals surface area (Å²) in [6, 6.07) is 11.5. The highest BCUT2D eigenvalue weighted by Crippen LogP contribution is 2.27. The van der Waals surface area contributed by atoms with E-state index in [2.05, 4.69) is 9.62 Å². The van der Waals surface area contributed by atoms with Crippen molar-refractivity contribution in [3.05, 3.63) is 53.8 Å². The van der Waals surface area contributed by atoms with Crippen molar-refractivity contribution in [1.82, 2.24) is 9.80 Å². The number of hydrogen-bond acceptors (Lipinski definition) is 4. The van der Waals surface area contributed by atoms with Gasteiger partial charge in [-0.3, -0.25) is 9.52 Å². The maximum Gasteiger partial charge on any atom is 0.257 e. The number of halogens is 1. The normalized spacial score (nSPS) is 19.7. The molecule has 0 saturated carbocycles. The van der Waals surface area contributed by atoms with Crippen LogP contribution in [0.1, 0.15) is 36.0 Å². The third-order valence-corrected chi connectivity index (χ3v) is 6.63. The molecule has 2 saturated heterocycles. The van der Waals surface area contributed by atoms with E-state index in [1.807, 2.05) is 4.90 Å². The molecule has 1 amide bonds. The summed E-state index contributed by atoms with van der Waals surface area (Å²) in [5.74, 6) is -0.772. The first-order valence-corrected chi connectivity index (χ1v) is 12.6. The molecule has 2 fully saturated rings. The molecule has 1 atom stereocenters. The highest BCUT2D eigenvalue weighted by molar-refractivity contribution is 7.92. The number of carbonyl (C=O) groups is 1. The number of nitrogens with zero attached hydrogens (tertiary/aromatic N) is 2. The molecule has 0 radical (unpaired) electrons. The Morgan fingerprint density at radius 1 is 1.03 bits per heavy atom. The summed E-state index contributed by atoms with van der Waals surface area (Å²) < 4.78 is 40.0. The van der Waals surface area contributed by atoms with Crippen molar-refractivity contribution in [2.75, 3.05) is 37.2 Å². The standard InChI is InChI=1S/C23H28FN3O3S/c1-31(29,30)25-19-9-6-17(7-10-19)18-8-11-21(22(24)15-18)23(28)27-14-4-5-20(27)16-26-12-2-3-13-26/h6-11,15,20,25H,2-5,12-14,16H2,1H3. The summed E-state index contributed by atoms with van der Waals surface area (Å²) in [6.45, 7) is 3.72. The summed E-state index contributed by atoms with van der Waals surface area (Å²) in [6.07, 6.45) is 5.43. The van der Waals surface area contributed by atoms with Crippen molar-refractivity contribution >= 4 is 21.6 Å². The van der Waals surface area contributed by atoms with Gasteiger partial charge in [0, 0.05) is 24.8 Å². The van der Waals surface area contributed by atoms with Gasteiger partial charge in [-0.2, -0.15) is 0 Å². The van der Waals surface area contributed by atoms with Gasteiger partial charge in [0.25, 0.3) is 5.91 Å². The van der Waals surface area contributed by atoms with Gasteiger partial charge >= 0.3 is 0 Å². The minimum Gasteiger partial charge on any atom is -0.334 e. The molecule has 0 bridgehead atoms. The molecule has 0 aromatic heterocycles. The Balaban J connectivity index is 1.48. The van der Waals surface area contributed by atoms with Crippen LogP contribution in [0.2, 0.25) is 0 Å². The number of hydrogen-bond donors (Lipinski definition) is 1. The van der Waals surface area contributed by atoms with Gasteiger partial charge in [-0.05, 0) is 74.2 Å². The molecule has 0 aliphatic carbocycles. The van der Waals surface area contributed by atoms with Crippen molar-refractivity contribution < 1.29 is 17.6 Å². The average Bonchev–Trinajstić information content (AvgIpc) is 3.39. The van der Waals surface area contributed by atoms with Crippen LogP contribution in [0.3, 0.4) is 0 Å². The molecule has 6 nitrogen and oxygen atoms in total. The van der Waals surface area contributed by atoms with Gasteiger partial charge < -0.3 is 9.80 Å². The number of rotatable bonds is 6. The lowest BCUT2D eigenvalue weighted by Gasteiger charge is -2.28. The fourth-order valence-electron chi connectivity index (χ4n) is 4.52. The summed E-state index contributed by atoms with van der Waals surface area (Å²) >= 11 is 0. The zero-order valence-electron chi connectivity index (χ0n) is 17.7. The summed E-state index contributed by atoms with van der Waals surface area (Å²) in [5, 5.41) is 0. The molecule has 4 rings (SSSR count).